The van der Waals surface area contributed by atoms with E-state index in [-0.39, 0.29) is 5.91 Å². The van der Waals surface area contributed by atoms with Crippen LogP contribution in [0.1, 0.15) is 6.92 Å². The molecule has 1 amide bonds. The third-order valence-corrected chi connectivity index (χ3v) is 3.00. The third-order valence-electron chi connectivity index (χ3n) is 3.00. The maximum absolute atomic E-state index is 10.9. The molecule has 1 aliphatic heterocycles. The molecule has 2 rings (SSSR count). The predicted molar refractivity (Wildman–Crippen MR) is 71.0 cm³/mol. The summed E-state index contributed by atoms with van der Waals surface area (Å²) in [6.07, 6.45) is 1.51. The average molecular weight is 265 g/mol. The number of anilines is 1. The van der Waals surface area contributed by atoms with Gasteiger partial charge in [-0.2, -0.15) is 0 Å². The molecular weight excluding hydrogens is 246 g/mol. The van der Waals surface area contributed by atoms with Crippen molar-refractivity contribution in [3.63, 3.8) is 0 Å². The van der Waals surface area contributed by atoms with E-state index in [0.29, 0.717) is 19.0 Å². The summed E-state index contributed by atoms with van der Waals surface area (Å²) >= 11 is 0. The Labute approximate surface area is 112 Å². The average Bonchev–Trinajstić information content (AvgIpc) is 2.40. The molecule has 1 aliphatic rings. The molecule has 0 radical (unpaired) electrons. The highest BCUT2D eigenvalue weighted by molar-refractivity contribution is 5.75. The zero-order valence-electron chi connectivity index (χ0n) is 11.1. The Balaban J connectivity index is 1.93. The van der Waals surface area contributed by atoms with Crippen molar-refractivity contribution in [2.75, 3.05) is 44.2 Å². The first kappa shape index (κ1) is 13.5. The first-order valence-electron chi connectivity index (χ1n) is 6.39. The fourth-order valence-corrected chi connectivity index (χ4v) is 2.09. The van der Waals surface area contributed by atoms with Gasteiger partial charge in [0.05, 0.1) is 13.2 Å². The number of hydrogen-bond acceptors (Lipinski definition) is 6. The van der Waals surface area contributed by atoms with Crippen LogP contribution in [0.2, 0.25) is 0 Å². The van der Waals surface area contributed by atoms with Crippen LogP contribution in [0.25, 0.3) is 0 Å². The van der Waals surface area contributed by atoms with Gasteiger partial charge in [-0.05, 0) is 6.92 Å². The van der Waals surface area contributed by atoms with Gasteiger partial charge in [0.15, 0.2) is 0 Å². The van der Waals surface area contributed by atoms with Gasteiger partial charge in [0.25, 0.3) is 0 Å². The molecule has 1 aromatic rings. The monoisotopic (exact) mass is 265 g/mol. The number of nitrogens with zero attached hydrogens (tertiary/aromatic N) is 4. The van der Waals surface area contributed by atoms with Gasteiger partial charge in [0, 0.05) is 32.2 Å². The number of carbonyl (C=O) groups excluding carboxylic acids is 1. The molecule has 19 heavy (non-hydrogen) atoms. The first-order chi connectivity index (χ1) is 9.19. The highest BCUT2D eigenvalue weighted by atomic mass is 16.5. The number of amides is 1. The zero-order chi connectivity index (χ0) is 13.7. The van der Waals surface area contributed by atoms with Gasteiger partial charge in [-0.1, -0.05) is 0 Å². The first-order valence-corrected chi connectivity index (χ1v) is 6.39. The molecule has 2 heterocycles. The second-order valence-electron chi connectivity index (χ2n) is 4.38. The number of carbonyl (C=O) groups is 1. The molecule has 0 atom stereocenters. The number of primary amides is 1. The summed E-state index contributed by atoms with van der Waals surface area (Å²) in [7, 11) is 0. The van der Waals surface area contributed by atoms with Crippen molar-refractivity contribution in [2.24, 2.45) is 5.73 Å². The third kappa shape index (κ3) is 3.78. The molecule has 7 heteroatoms. The van der Waals surface area contributed by atoms with Crippen LogP contribution in [0.5, 0.6) is 5.88 Å². The fourth-order valence-electron chi connectivity index (χ4n) is 2.09. The molecular formula is C12H19N5O2. The normalized spacial score (nSPS) is 16.4. The highest BCUT2D eigenvalue weighted by Crippen LogP contribution is 2.17. The quantitative estimate of drug-likeness (QED) is 0.771. The molecule has 1 aromatic heterocycles. The van der Waals surface area contributed by atoms with E-state index < -0.39 is 0 Å². The number of hydrogen-bond donors (Lipinski definition) is 1. The van der Waals surface area contributed by atoms with Gasteiger partial charge in [0.2, 0.25) is 11.8 Å². The van der Waals surface area contributed by atoms with Crippen molar-refractivity contribution in [1.82, 2.24) is 14.9 Å². The number of nitrogens with two attached hydrogens (primary N) is 1. The minimum Gasteiger partial charge on any atom is -0.478 e. The Kier molecular flexibility index (Phi) is 4.51. The van der Waals surface area contributed by atoms with E-state index in [4.69, 9.17) is 10.5 Å². The van der Waals surface area contributed by atoms with Crippen LogP contribution in [0.15, 0.2) is 12.4 Å². The Morgan fingerprint density at radius 2 is 2.11 bits per heavy atom. The molecule has 0 spiro atoms. The number of ether oxygens (including phenoxy) is 1. The SMILES string of the molecule is CCOc1cc(N2CCN(CC(N)=O)CC2)ncn1. The van der Waals surface area contributed by atoms with Crippen molar-refractivity contribution in [3.8, 4) is 5.88 Å². The minimum absolute atomic E-state index is 0.283. The lowest BCUT2D eigenvalue weighted by atomic mass is 10.3. The highest BCUT2D eigenvalue weighted by Gasteiger charge is 2.19. The van der Waals surface area contributed by atoms with Crippen LogP contribution in [-0.4, -0.2) is 60.1 Å². The summed E-state index contributed by atoms with van der Waals surface area (Å²) in [6, 6.07) is 1.84. The second kappa shape index (κ2) is 6.33. The molecule has 0 unspecified atom stereocenters. The van der Waals surface area contributed by atoms with E-state index in [1.54, 1.807) is 0 Å². The molecule has 0 saturated carbocycles. The molecule has 0 aliphatic carbocycles. The van der Waals surface area contributed by atoms with Crippen LogP contribution in [0.4, 0.5) is 5.82 Å². The molecule has 0 bridgehead atoms. The Morgan fingerprint density at radius 3 is 2.74 bits per heavy atom. The molecule has 0 aromatic carbocycles. The Morgan fingerprint density at radius 1 is 1.37 bits per heavy atom. The van der Waals surface area contributed by atoms with Crippen LogP contribution in [0.3, 0.4) is 0 Å². The van der Waals surface area contributed by atoms with Crippen molar-refractivity contribution >= 4 is 11.7 Å². The number of rotatable bonds is 5. The van der Waals surface area contributed by atoms with Crippen LogP contribution in [-0.2, 0) is 4.79 Å². The van der Waals surface area contributed by atoms with Gasteiger partial charge < -0.3 is 15.4 Å². The summed E-state index contributed by atoms with van der Waals surface area (Å²) in [4.78, 5) is 23.4. The van der Waals surface area contributed by atoms with Gasteiger partial charge in [-0.25, -0.2) is 9.97 Å². The number of piperazine rings is 1. The summed E-state index contributed by atoms with van der Waals surface area (Å²) < 4.78 is 5.36. The predicted octanol–water partition coefficient (Wildman–Crippen LogP) is -0.517. The van der Waals surface area contributed by atoms with E-state index in [9.17, 15) is 4.79 Å². The van der Waals surface area contributed by atoms with Crippen molar-refractivity contribution in [2.45, 2.75) is 6.92 Å². The topological polar surface area (TPSA) is 84.6 Å². The lowest BCUT2D eigenvalue weighted by Gasteiger charge is -2.34. The maximum atomic E-state index is 10.9. The zero-order valence-corrected chi connectivity index (χ0v) is 11.1. The summed E-state index contributed by atoms with van der Waals surface area (Å²) in [5, 5.41) is 0. The van der Waals surface area contributed by atoms with Crippen molar-refractivity contribution < 1.29 is 9.53 Å². The van der Waals surface area contributed by atoms with Crippen LogP contribution in [0, 0.1) is 0 Å². The summed E-state index contributed by atoms with van der Waals surface area (Å²) in [5.41, 5.74) is 5.19. The Hall–Kier alpha value is -1.89. The maximum Gasteiger partial charge on any atom is 0.231 e. The van der Waals surface area contributed by atoms with Gasteiger partial charge in [-0.15, -0.1) is 0 Å². The van der Waals surface area contributed by atoms with E-state index in [1.807, 2.05) is 17.9 Å². The fraction of sp³-hybridized carbons (Fsp3) is 0.583. The van der Waals surface area contributed by atoms with Crippen molar-refractivity contribution in [1.29, 1.82) is 0 Å². The Bertz CT molecular complexity index is 432. The smallest absolute Gasteiger partial charge is 0.231 e. The van der Waals surface area contributed by atoms with Crippen molar-refractivity contribution in [3.05, 3.63) is 12.4 Å². The van der Waals surface area contributed by atoms with Gasteiger partial charge in [-0.3, -0.25) is 9.69 Å². The van der Waals surface area contributed by atoms with Crippen LogP contribution >= 0.6 is 0 Å². The molecule has 7 nitrogen and oxygen atoms in total. The minimum atomic E-state index is -0.283. The van der Waals surface area contributed by atoms with Gasteiger partial charge >= 0.3 is 0 Å². The summed E-state index contributed by atoms with van der Waals surface area (Å²) in [5.74, 6) is 1.17. The molecule has 2 N–H and O–H groups in total. The number of aromatic nitrogens is 2. The van der Waals surface area contributed by atoms with E-state index in [0.717, 1.165) is 32.0 Å². The molecule has 104 valence electrons. The lowest BCUT2D eigenvalue weighted by molar-refractivity contribution is -0.119. The van der Waals surface area contributed by atoms with E-state index in [2.05, 4.69) is 14.9 Å². The lowest BCUT2D eigenvalue weighted by Crippen LogP contribution is -2.49. The van der Waals surface area contributed by atoms with Gasteiger partial charge in [0.1, 0.15) is 12.1 Å². The largest absolute Gasteiger partial charge is 0.478 e. The standard InChI is InChI=1S/C12H19N5O2/c1-2-19-12-7-11(14-9-15-12)17-5-3-16(4-6-17)8-10(13)18/h7,9H,2-6,8H2,1H3,(H2,13,18). The van der Waals surface area contributed by atoms with E-state index in [1.165, 1.54) is 6.33 Å². The summed E-state index contributed by atoms with van der Waals surface area (Å²) in [6.45, 7) is 6.06. The van der Waals surface area contributed by atoms with E-state index >= 15 is 0 Å². The molecule has 1 fully saturated rings. The molecule has 1 saturated heterocycles. The van der Waals surface area contributed by atoms with Crippen LogP contribution < -0.4 is 15.4 Å². The second-order valence-corrected chi connectivity index (χ2v) is 4.38.